The Kier molecular flexibility index (Phi) is 2.16. The molecule has 0 saturated carbocycles. The summed E-state index contributed by atoms with van der Waals surface area (Å²) in [6.45, 7) is 4.43. The standard InChI is InChI=1S/C12H16NO3P/c1-3-14-17(9-8-10(2)15-17)13-11-6-4-5-7-12(11)16-17/h4-8,13H,3,9H2,1-2H3. The summed E-state index contributed by atoms with van der Waals surface area (Å²) in [6.07, 6.45) is 2.67. The van der Waals surface area contributed by atoms with Gasteiger partial charge in [0.2, 0.25) is 0 Å². The summed E-state index contributed by atoms with van der Waals surface area (Å²) in [4.78, 5) is 0. The van der Waals surface area contributed by atoms with Crippen LogP contribution < -0.4 is 9.61 Å². The van der Waals surface area contributed by atoms with Crippen LogP contribution >= 0.6 is 7.43 Å². The fraction of sp³-hybridized carbons (Fsp3) is 0.333. The van der Waals surface area contributed by atoms with Crippen molar-refractivity contribution in [1.29, 1.82) is 0 Å². The first-order valence-corrected chi connectivity index (χ1v) is 7.94. The van der Waals surface area contributed by atoms with Crippen molar-refractivity contribution in [3.63, 3.8) is 0 Å². The number of fused-ring (bicyclic) bond motifs is 1. The fourth-order valence-corrected chi connectivity index (χ4v) is 5.87. The van der Waals surface area contributed by atoms with Gasteiger partial charge in [0.15, 0.2) is 0 Å². The second-order valence-electron chi connectivity index (χ2n) is 4.25. The molecule has 17 heavy (non-hydrogen) atoms. The summed E-state index contributed by atoms with van der Waals surface area (Å²) >= 11 is 0. The predicted molar refractivity (Wildman–Crippen MR) is 68.9 cm³/mol. The van der Waals surface area contributed by atoms with Crippen molar-refractivity contribution < 1.29 is 13.6 Å². The maximum atomic E-state index is 6.08. The van der Waals surface area contributed by atoms with E-state index >= 15 is 0 Å². The molecule has 0 aliphatic carbocycles. The van der Waals surface area contributed by atoms with Gasteiger partial charge in [-0.25, -0.2) is 0 Å². The molecule has 2 aliphatic rings. The molecule has 92 valence electrons. The van der Waals surface area contributed by atoms with Gasteiger partial charge < -0.3 is 0 Å². The Hall–Kier alpha value is -1.25. The van der Waals surface area contributed by atoms with Gasteiger partial charge in [0.05, 0.1) is 0 Å². The first-order valence-electron chi connectivity index (χ1n) is 5.77. The average molecular weight is 253 g/mol. The summed E-state index contributed by atoms with van der Waals surface area (Å²) in [6, 6.07) is 7.82. The first kappa shape index (κ1) is 10.9. The molecular weight excluding hydrogens is 237 g/mol. The van der Waals surface area contributed by atoms with Crippen molar-refractivity contribution in [2.75, 3.05) is 17.9 Å². The van der Waals surface area contributed by atoms with Gasteiger partial charge >= 0.3 is 100 Å². The zero-order chi connectivity index (χ0) is 12.0. The molecule has 3 rings (SSSR count). The van der Waals surface area contributed by atoms with Gasteiger partial charge in [0, 0.05) is 0 Å². The van der Waals surface area contributed by atoms with E-state index in [1.54, 1.807) is 0 Å². The summed E-state index contributed by atoms with van der Waals surface area (Å²) in [5.41, 5.74) is 0.946. The van der Waals surface area contributed by atoms with E-state index in [9.17, 15) is 0 Å². The van der Waals surface area contributed by atoms with Gasteiger partial charge in [-0.05, 0) is 0 Å². The Bertz CT molecular complexity index is 475. The molecule has 1 aromatic carbocycles. The maximum absolute atomic E-state index is 6.08. The Morgan fingerprint density at radius 1 is 1.35 bits per heavy atom. The SMILES string of the molecule is CCOP12(CC=C(C)O1)Nc1ccccc1O2. The molecule has 2 aliphatic heterocycles. The van der Waals surface area contributed by atoms with E-state index in [4.69, 9.17) is 13.6 Å². The van der Waals surface area contributed by atoms with Crippen molar-refractivity contribution in [3.05, 3.63) is 36.1 Å². The van der Waals surface area contributed by atoms with Crippen LogP contribution in [0.4, 0.5) is 5.69 Å². The number of nitrogens with one attached hydrogen (secondary N) is 1. The van der Waals surface area contributed by atoms with Crippen molar-refractivity contribution in [2.45, 2.75) is 13.8 Å². The summed E-state index contributed by atoms with van der Waals surface area (Å²) in [5.74, 6) is 1.66. The van der Waals surface area contributed by atoms with Crippen LogP contribution in [0.2, 0.25) is 0 Å². The van der Waals surface area contributed by atoms with Crippen molar-refractivity contribution >= 4 is 13.1 Å². The minimum atomic E-state index is -3.21. The molecule has 5 heteroatoms. The molecule has 0 radical (unpaired) electrons. The number of hydrogen-bond donors (Lipinski definition) is 1. The molecule has 0 fully saturated rings. The van der Waals surface area contributed by atoms with Crippen LogP contribution in [0.5, 0.6) is 5.75 Å². The number of allylic oxidation sites excluding steroid dienone is 2. The molecule has 0 atom stereocenters. The molecule has 0 bridgehead atoms. The molecule has 0 aromatic heterocycles. The summed E-state index contributed by atoms with van der Waals surface area (Å²) < 4.78 is 17.9. The topological polar surface area (TPSA) is 39.7 Å². The van der Waals surface area contributed by atoms with Crippen LogP contribution in [0.15, 0.2) is 36.1 Å². The third-order valence-electron chi connectivity index (χ3n) is 2.92. The Balaban J connectivity index is 2.02. The minimum absolute atomic E-state index is 0.555. The van der Waals surface area contributed by atoms with Crippen molar-refractivity contribution in [1.82, 2.24) is 0 Å². The zero-order valence-electron chi connectivity index (χ0n) is 9.97. The molecule has 1 aromatic rings. The summed E-state index contributed by atoms with van der Waals surface area (Å²) in [5, 5.41) is 3.37. The van der Waals surface area contributed by atoms with Crippen LogP contribution in [0.25, 0.3) is 0 Å². The van der Waals surface area contributed by atoms with Gasteiger partial charge in [0.25, 0.3) is 0 Å². The second-order valence-corrected chi connectivity index (χ2v) is 7.55. The molecule has 0 unspecified atom stereocenters. The van der Waals surface area contributed by atoms with Crippen LogP contribution in [0.3, 0.4) is 0 Å². The predicted octanol–water partition coefficient (Wildman–Crippen LogP) is 3.67. The molecule has 0 saturated heterocycles. The van der Waals surface area contributed by atoms with Crippen LogP contribution in [-0.4, -0.2) is 12.8 Å². The number of hydrogen-bond acceptors (Lipinski definition) is 4. The number of para-hydroxylation sites is 2. The molecule has 1 N–H and O–H groups in total. The number of rotatable bonds is 2. The van der Waals surface area contributed by atoms with Crippen LogP contribution in [0.1, 0.15) is 13.8 Å². The van der Waals surface area contributed by atoms with E-state index < -0.39 is 7.43 Å². The van der Waals surface area contributed by atoms with Crippen molar-refractivity contribution in [2.24, 2.45) is 0 Å². The van der Waals surface area contributed by atoms with Crippen LogP contribution in [0, 0.1) is 0 Å². The molecule has 1 spiro atoms. The Labute approximate surface area is 101 Å². The van der Waals surface area contributed by atoms with Crippen LogP contribution in [-0.2, 0) is 9.05 Å². The monoisotopic (exact) mass is 253 g/mol. The second kappa shape index (κ2) is 3.37. The quantitative estimate of drug-likeness (QED) is 0.816. The van der Waals surface area contributed by atoms with E-state index in [0.717, 1.165) is 17.2 Å². The van der Waals surface area contributed by atoms with Gasteiger partial charge in [-0.1, -0.05) is 0 Å². The molecule has 2 heterocycles. The van der Waals surface area contributed by atoms with Crippen molar-refractivity contribution in [3.8, 4) is 5.75 Å². The Morgan fingerprint density at radius 3 is 2.82 bits per heavy atom. The number of anilines is 1. The average Bonchev–Trinajstić information content (AvgIpc) is 2.78. The van der Waals surface area contributed by atoms with E-state index in [1.165, 1.54) is 0 Å². The van der Waals surface area contributed by atoms with E-state index in [-0.39, 0.29) is 0 Å². The van der Waals surface area contributed by atoms with E-state index in [1.807, 2.05) is 44.2 Å². The molecule has 0 amide bonds. The summed E-state index contributed by atoms with van der Waals surface area (Å²) in [7, 11) is -3.21. The van der Waals surface area contributed by atoms with E-state index in [2.05, 4.69) is 5.09 Å². The van der Waals surface area contributed by atoms with Gasteiger partial charge in [-0.3, -0.25) is 0 Å². The number of benzene rings is 1. The third kappa shape index (κ3) is 1.52. The third-order valence-corrected chi connectivity index (χ3v) is 6.41. The first-order chi connectivity index (χ1) is 8.15. The normalized spacial score (nSPS) is 24.8. The van der Waals surface area contributed by atoms with E-state index in [0.29, 0.717) is 12.8 Å². The van der Waals surface area contributed by atoms with Gasteiger partial charge in [-0.15, -0.1) is 0 Å². The van der Waals surface area contributed by atoms with Gasteiger partial charge in [-0.2, -0.15) is 0 Å². The molecular formula is C12H16NO3P. The zero-order valence-corrected chi connectivity index (χ0v) is 10.9. The Morgan fingerprint density at radius 2 is 2.18 bits per heavy atom. The fourth-order valence-electron chi connectivity index (χ4n) is 2.27. The molecule has 4 nitrogen and oxygen atoms in total. The van der Waals surface area contributed by atoms with Gasteiger partial charge in [0.1, 0.15) is 0 Å².